The molecule has 1 aromatic rings. The van der Waals surface area contributed by atoms with Crippen LogP contribution in [0.25, 0.3) is 0 Å². The first-order chi connectivity index (χ1) is 9.58. The molecule has 2 saturated heterocycles. The highest BCUT2D eigenvalue weighted by molar-refractivity contribution is 5.97. The largest absolute Gasteiger partial charge is 0.465 e. The zero-order chi connectivity index (χ0) is 14.3. The van der Waals surface area contributed by atoms with Crippen LogP contribution in [0.3, 0.4) is 0 Å². The Hall–Kier alpha value is -1.75. The van der Waals surface area contributed by atoms with Crippen LogP contribution in [0.1, 0.15) is 35.2 Å². The number of rotatable bonds is 3. The van der Waals surface area contributed by atoms with E-state index in [9.17, 15) is 4.79 Å². The number of fused-ring (bicyclic) bond motifs is 2. The summed E-state index contributed by atoms with van der Waals surface area (Å²) < 4.78 is 10.6. The smallest absolute Gasteiger partial charge is 0.340 e. The van der Waals surface area contributed by atoms with Crippen molar-refractivity contribution in [2.75, 3.05) is 18.2 Å². The predicted octanol–water partition coefficient (Wildman–Crippen LogP) is 2.10. The Balaban J connectivity index is 1.83. The molecule has 3 N–H and O–H groups in total. The molecule has 0 radical (unpaired) electrons. The maximum absolute atomic E-state index is 11.7. The van der Waals surface area contributed by atoms with Crippen molar-refractivity contribution in [2.24, 2.45) is 0 Å². The van der Waals surface area contributed by atoms with E-state index in [2.05, 4.69) is 5.32 Å². The van der Waals surface area contributed by atoms with Crippen LogP contribution in [-0.4, -0.2) is 31.3 Å². The lowest BCUT2D eigenvalue weighted by atomic mass is 9.95. The molecule has 3 atom stereocenters. The van der Waals surface area contributed by atoms with Gasteiger partial charge in [0.05, 0.1) is 30.9 Å². The van der Waals surface area contributed by atoms with Gasteiger partial charge in [-0.25, -0.2) is 4.79 Å². The van der Waals surface area contributed by atoms with Gasteiger partial charge in [-0.05, 0) is 43.9 Å². The number of anilines is 2. The lowest BCUT2D eigenvalue weighted by Crippen LogP contribution is -2.30. The second-order valence-electron chi connectivity index (χ2n) is 5.61. The van der Waals surface area contributed by atoms with Gasteiger partial charge in [0.1, 0.15) is 0 Å². The molecule has 1 aromatic carbocycles. The SMILES string of the molecule is COC(=O)c1cc(NC2CC3CCC2O3)cc(C)c1N. The first kappa shape index (κ1) is 13.2. The Labute approximate surface area is 118 Å². The number of nitrogens with one attached hydrogen (secondary N) is 1. The van der Waals surface area contributed by atoms with Gasteiger partial charge in [0.15, 0.2) is 0 Å². The van der Waals surface area contributed by atoms with Gasteiger partial charge in [0, 0.05) is 11.4 Å². The van der Waals surface area contributed by atoms with Crippen LogP contribution in [-0.2, 0) is 9.47 Å². The average Bonchev–Trinajstić information content (AvgIpc) is 3.04. The third kappa shape index (κ3) is 2.22. The van der Waals surface area contributed by atoms with Gasteiger partial charge in [0.25, 0.3) is 0 Å². The molecular weight excluding hydrogens is 256 g/mol. The summed E-state index contributed by atoms with van der Waals surface area (Å²) in [6.45, 7) is 1.89. The molecule has 0 saturated carbocycles. The fraction of sp³-hybridized carbons (Fsp3) is 0.533. The van der Waals surface area contributed by atoms with Crippen molar-refractivity contribution >= 4 is 17.3 Å². The molecule has 108 valence electrons. The number of hydrogen-bond donors (Lipinski definition) is 2. The molecule has 2 aliphatic rings. The number of hydrogen-bond acceptors (Lipinski definition) is 5. The maximum atomic E-state index is 11.7. The fourth-order valence-corrected chi connectivity index (χ4v) is 3.16. The first-order valence-corrected chi connectivity index (χ1v) is 6.99. The summed E-state index contributed by atoms with van der Waals surface area (Å²) >= 11 is 0. The Morgan fingerprint density at radius 1 is 1.45 bits per heavy atom. The number of nitrogen functional groups attached to an aromatic ring is 1. The van der Waals surface area contributed by atoms with Crippen LogP contribution in [0.4, 0.5) is 11.4 Å². The summed E-state index contributed by atoms with van der Waals surface area (Å²) in [7, 11) is 1.36. The Morgan fingerprint density at radius 3 is 2.85 bits per heavy atom. The van der Waals surface area contributed by atoms with Crippen LogP contribution in [0.15, 0.2) is 12.1 Å². The van der Waals surface area contributed by atoms with Crippen molar-refractivity contribution in [2.45, 2.75) is 44.4 Å². The minimum Gasteiger partial charge on any atom is -0.465 e. The third-order valence-corrected chi connectivity index (χ3v) is 4.25. The Kier molecular flexibility index (Phi) is 3.30. The maximum Gasteiger partial charge on any atom is 0.340 e. The number of benzene rings is 1. The Morgan fingerprint density at radius 2 is 2.25 bits per heavy atom. The van der Waals surface area contributed by atoms with Crippen molar-refractivity contribution in [3.63, 3.8) is 0 Å². The van der Waals surface area contributed by atoms with E-state index in [1.807, 2.05) is 13.0 Å². The summed E-state index contributed by atoms with van der Waals surface area (Å²) in [4.78, 5) is 11.7. The highest BCUT2D eigenvalue weighted by Gasteiger charge is 2.40. The molecule has 2 bridgehead atoms. The van der Waals surface area contributed by atoms with E-state index >= 15 is 0 Å². The van der Waals surface area contributed by atoms with Gasteiger partial charge < -0.3 is 20.5 Å². The number of nitrogens with two attached hydrogens (primary N) is 1. The number of methoxy groups -OCH3 is 1. The normalized spacial score (nSPS) is 27.6. The number of carbonyl (C=O) groups excluding carboxylic acids is 1. The topological polar surface area (TPSA) is 73.6 Å². The molecule has 2 fully saturated rings. The predicted molar refractivity (Wildman–Crippen MR) is 76.9 cm³/mol. The quantitative estimate of drug-likeness (QED) is 0.653. The average molecular weight is 276 g/mol. The molecule has 3 unspecified atom stereocenters. The number of carbonyl (C=O) groups is 1. The van der Waals surface area contributed by atoms with Crippen molar-refractivity contribution in [3.05, 3.63) is 23.3 Å². The fourth-order valence-electron chi connectivity index (χ4n) is 3.16. The van der Waals surface area contributed by atoms with Crippen molar-refractivity contribution in [1.82, 2.24) is 0 Å². The van der Waals surface area contributed by atoms with Crippen molar-refractivity contribution < 1.29 is 14.3 Å². The molecular formula is C15H20N2O3. The van der Waals surface area contributed by atoms with Gasteiger partial charge >= 0.3 is 5.97 Å². The molecule has 0 spiro atoms. The summed E-state index contributed by atoms with van der Waals surface area (Å²) in [6, 6.07) is 4.05. The van der Waals surface area contributed by atoms with Crippen LogP contribution in [0, 0.1) is 6.92 Å². The van der Waals surface area contributed by atoms with Gasteiger partial charge in [-0.15, -0.1) is 0 Å². The van der Waals surface area contributed by atoms with E-state index in [0.29, 0.717) is 29.5 Å². The van der Waals surface area contributed by atoms with Gasteiger partial charge in [-0.1, -0.05) is 0 Å². The van der Waals surface area contributed by atoms with Gasteiger partial charge in [-0.3, -0.25) is 0 Å². The van der Waals surface area contributed by atoms with Gasteiger partial charge in [0.2, 0.25) is 0 Å². The summed E-state index contributed by atoms with van der Waals surface area (Å²) in [5, 5.41) is 3.47. The molecule has 0 aliphatic carbocycles. The third-order valence-electron chi connectivity index (χ3n) is 4.25. The van der Waals surface area contributed by atoms with E-state index < -0.39 is 5.97 Å². The molecule has 5 heteroatoms. The molecule has 2 aliphatic heterocycles. The second-order valence-corrected chi connectivity index (χ2v) is 5.61. The summed E-state index contributed by atoms with van der Waals surface area (Å²) in [5.74, 6) is -0.404. The first-order valence-electron chi connectivity index (χ1n) is 6.99. The van der Waals surface area contributed by atoms with Crippen molar-refractivity contribution in [1.29, 1.82) is 0 Å². The number of esters is 1. The standard InChI is InChI=1S/C15H20N2O3/c1-8-5-9(6-11(14(8)16)15(18)19-2)17-12-7-10-3-4-13(12)20-10/h5-6,10,12-13,17H,3-4,7,16H2,1-2H3. The lowest BCUT2D eigenvalue weighted by molar-refractivity contribution is 0.0602. The van der Waals surface area contributed by atoms with E-state index in [0.717, 1.165) is 30.5 Å². The van der Waals surface area contributed by atoms with Crippen LogP contribution < -0.4 is 11.1 Å². The summed E-state index contributed by atoms with van der Waals surface area (Å²) in [6.07, 6.45) is 3.99. The van der Waals surface area contributed by atoms with Crippen LogP contribution in [0.2, 0.25) is 0 Å². The van der Waals surface area contributed by atoms with E-state index in [-0.39, 0.29) is 0 Å². The molecule has 0 aromatic heterocycles. The highest BCUT2D eigenvalue weighted by atomic mass is 16.5. The molecule has 3 rings (SSSR count). The second kappa shape index (κ2) is 4.98. The lowest BCUT2D eigenvalue weighted by Gasteiger charge is -2.22. The monoisotopic (exact) mass is 276 g/mol. The van der Waals surface area contributed by atoms with Crippen LogP contribution in [0.5, 0.6) is 0 Å². The highest BCUT2D eigenvalue weighted by Crippen LogP contribution is 2.36. The van der Waals surface area contributed by atoms with Crippen LogP contribution >= 0.6 is 0 Å². The van der Waals surface area contributed by atoms with E-state index in [1.165, 1.54) is 7.11 Å². The molecule has 20 heavy (non-hydrogen) atoms. The van der Waals surface area contributed by atoms with E-state index in [1.54, 1.807) is 6.07 Å². The minimum atomic E-state index is -0.404. The van der Waals surface area contributed by atoms with Gasteiger partial charge in [-0.2, -0.15) is 0 Å². The molecule has 0 amide bonds. The zero-order valence-electron chi connectivity index (χ0n) is 11.8. The Bertz CT molecular complexity index is 544. The summed E-state index contributed by atoms with van der Waals surface area (Å²) in [5.41, 5.74) is 8.61. The molecule has 5 nitrogen and oxygen atoms in total. The van der Waals surface area contributed by atoms with E-state index in [4.69, 9.17) is 15.2 Å². The van der Waals surface area contributed by atoms with Crippen molar-refractivity contribution in [3.8, 4) is 0 Å². The number of ether oxygens (including phenoxy) is 2. The minimum absolute atomic E-state index is 0.291. The zero-order valence-corrected chi connectivity index (χ0v) is 11.8. The molecule has 2 heterocycles. The number of aryl methyl sites for hydroxylation is 1.